The summed E-state index contributed by atoms with van der Waals surface area (Å²) in [5.41, 5.74) is -0.662. The SMILES string of the molecule is CCN(CC)C(=O)c1ccc(C(F)(F)F)nc1C. The third kappa shape index (κ3) is 3.00. The fourth-order valence-electron chi connectivity index (χ4n) is 1.63. The minimum Gasteiger partial charge on any atom is -0.339 e. The fraction of sp³-hybridized carbons (Fsp3) is 0.500. The van der Waals surface area contributed by atoms with Crippen molar-refractivity contribution in [1.82, 2.24) is 9.88 Å². The van der Waals surface area contributed by atoms with Gasteiger partial charge in [0.05, 0.1) is 11.3 Å². The quantitative estimate of drug-likeness (QED) is 0.837. The standard InChI is InChI=1S/C12H15F3N2O/c1-4-17(5-2)11(18)9-6-7-10(12(13,14)15)16-8(9)3/h6-7H,4-5H2,1-3H3. The molecule has 0 radical (unpaired) electrons. The van der Waals surface area contributed by atoms with Gasteiger partial charge in [-0.3, -0.25) is 4.79 Å². The predicted molar refractivity (Wildman–Crippen MR) is 61.2 cm³/mol. The van der Waals surface area contributed by atoms with Crippen molar-refractivity contribution < 1.29 is 18.0 Å². The molecule has 0 aliphatic rings. The number of pyridine rings is 1. The summed E-state index contributed by atoms with van der Waals surface area (Å²) in [7, 11) is 0. The van der Waals surface area contributed by atoms with Gasteiger partial charge in [0.2, 0.25) is 0 Å². The Morgan fingerprint density at radius 2 is 1.83 bits per heavy atom. The topological polar surface area (TPSA) is 33.2 Å². The van der Waals surface area contributed by atoms with Gasteiger partial charge in [0.1, 0.15) is 5.69 Å². The number of rotatable bonds is 3. The van der Waals surface area contributed by atoms with E-state index in [2.05, 4.69) is 4.98 Å². The van der Waals surface area contributed by atoms with Crippen molar-refractivity contribution in [1.29, 1.82) is 0 Å². The van der Waals surface area contributed by atoms with Crippen LogP contribution in [0.4, 0.5) is 13.2 Å². The minimum atomic E-state index is -4.48. The Balaban J connectivity index is 3.10. The highest BCUT2D eigenvalue weighted by molar-refractivity contribution is 5.95. The number of carbonyl (C=O) groups excluding carboxylic acids is 1. The van der Waals surface area contributed by atoms with Crippen LogP contribution in [0.3, 0.4) is 0 Å². The van der Waals surface area contributed by atoms with Crippen LogP contribution >= 0.6 is 0 Å². The lowest BCUT2D eigenvalue weighted by atomic mass is 10.1. The van der Waals surface area contributed by atoms with Gasteiger partial charge in [-0.1, -0.05) is 0 Å². The Labute approximate surface area is 104 Å². The highest BCUT2D eigenvalue weighted by atomic mass is 19.4. The van der Waals surface area contributed by atoms with E-state index < -0.39 is 11.9 Å². The Kier molecular flexibility index (Phi) is 4.32. The zero-order valence-electron chi connectivity index (χ0n) is 10.5. The molecule has 0 fully saturated rings. The normalized spacial score (nSPS) is 11.4. The molecule has 1 rings (SSSR count). The van der Waals surface area contributed by atoms with Crippen LogP contribution in [0.2, 0.25) is 0 Å². The maximum absolute atomic E-state index is 12.4. The van der Waals surface area contributed by atoms with Crippen LogP contribution in [0, 0.1) is 6.92 Å². The van der Waals surface area contributed by atoms with E-state index >= 15 is 0 Å². The van der Waals surface area contributed by atoms with Gasteiger partial charge in [-0.05, 0) is 32.9 Å². The van der Waals surface area contributed by atoms with Crippen molar-refractivity contribution in [2.75, 3.05) is 13.1 Å². The smallest absolute Gasteiger partial charge is 0.339 e. The molecular formula is C12H15F3N2O. The molecule has 1 amide bonds. The van der Waals surface area contributed by atoms with E-state index in [0.29, 0.717) is 13.1 Å². The zero-order valence-corrected chi connectivity index (χ0v) is 10.5. The molecule has 0 aliphatic carbocycles. The molecule has 1 aromatic rings. The maximum atomic E-state index is 12.4. The second-order valence-electron chi connectivity index (χ2n) is 3.80. The molecule has 0 atom stereocenters. The van der Waals surface area contributed by atoms with Gasteiger partial charge in [-0.2, -0.15) is 13.2 Å². The monoisotopic (exact) mass is 260 g/mol. The van der Waals surface area contributed by atoms with E-state index in [4.69, 9.17) is 0 Å². The van der Waals surface area contributed by atoms with E-state index in [0.717, 1.165) is 6.07 Å². The van der Waals surface area contributed by atoms with Crippen molar-refractivity contribution in [3.05, 3.63) is 29.1 Å². The summed E-state index contributed by atoms with van der Waals surface area (Å²) in [4.78, 5) is 17.0. The van der Waals surface area contributed by atoms with Crippen molar-refractivity contribution in [2.24, 2.45) is 0 Å². The molecule has 0 spiro atoms. The van der Waals surface area contributed by atoms with Gasteiger partial charge >= 0.3 is 6.18 Å². The molecule has 1 aromatic heterocycles. The number of aryl methyl sites for hydroxylation is 1. The molecule has 0 unspecified atom stereocenters. The van der Waals surface area contributed by atoms with Crippen molar-refractivity contribution in [3.8, 4) is 0 Å². The Morgan fingerprint density at radius 3 is 2.22 bits per heavy atom. The molecule has 0 aromatic carbocycles. The summed E-state index contributed by atoms with van der Waals surface area (Å²) in [5, 5.41) is 0. The third-order valence-corrected chi connectivity index (χ3v) is 2.66. The van der Waals surface area contributed by atoms with Gasteiger partial charge in [0, 0.05) is 13.1 Å². The lowest BCUT2D eigenvalue weighted by Gasteiger charge is -2.19. The van der Waals surface area contributed by atoms with Crippen LogP contribution in [0.5, 0.6) is 0 Å². The largest absolute Gasteiger partial charge is 0.433 e. The maximum Gasteiger partial charge on any atom is 0.433 e. The summed E-state index contributed by atoms with van der Waals surface area (Å²) in [6.07, 6.45) is -4.48. The lowest BCUT2D eigenvalue weighted by molar-refractivity contribution is -0.141. The number of aromatic nitrogens is 1. The highest BCUT2D eigenvalue weighted by Crippen LogP contribution is 2.28. The molecule has 0 saturated carbocycles. The summed E-state index contributed by atoms with van der Waals surface area (Å²) >= 11 is 0. The molecule has 3 nitrogen and oxygen atoms in total. The number of carbonyl (C=O) groups is 1. The molecular weight excluding hydrogens is 245 g/mol. The molecule has 100 valence electrons. The predicted octanol–water partition coefficient (Wildman–Crippen LogP) is 2.89. The molecule has 0 saturated heterocycles. The Bertz CT molecular complexity index is 439. The molecule has 0 bridgehead atoms. The number of nitrogens with zero attached hydrogens (tertiary/aromatic N) is 2. The second kappa shape index (κ2) is 5.37. The first-order chi connectivity index (χ1) is 8.31. The molecule has 0 aliphatic heterocycles. The summed E-state index contributed by atoms with van der Waals surface area (Å²) in [6, 6.07) is 2.02. The number of hydrogen-bond acceptors (Lipinski definition) is 2. The number of amides is 1. The van der Waals surface area contributed by atoms with Crippen LogP contribution in [0.25, 0.3) is 0 Å². The minimum absolute atomic E-state index is 0.0988. The summed E-state index contributed by atoms with van der Waals surface area (Å²) < 4.78 is 37.3. The Hall–Kier alpha value is -1.59. The second-order valence-corrected chi connectivity index (χ2v) is 3.80. The lowest BCUT2D eigenvalue weighted by Crippen LogP contribution is -2.31. The molecule has 18 heavy (non-hydrogen) atoms. The van der Waals surface area contributed by atoms with E-state index in [-0.39, 0.29) is 17.2 Å². The zero-order chi connectivity index (χ0) is 13.9. The fourth-order valence-corrected chi connectivity index (χ4v) is 1.63. The van der Waals surface area contributed by atoms with E-state index in [1.807, 2.05) is 13.8 Å². The van der Waals surface area contributed by atoms with E-state index in [1.165, 1.54) is 17.9 Å². The average Bonchev–Trinajstić information content (AvgIpc) is 2.29. The van der Waals surface area contributed by atoms with Crippen LogP contribution in [-0.4, -0.2) is 28.9 Å². The van der Waals surface area contributed by atoms with Crippen molar-refractivity contribution in [2.45, 2.75) is 26.9 Å². The number of halogens is 3. The van der Waals surface area contributed by atoms with Gasteiger partial charge < -0.3 is 4.90 Å². The molecule has 6 heteroatoms. The van der Waals surface area contributed by atoms with Crippen molar-refractivity contribution >= 4 is 5.91 Å². The van der Waals surface area contributed by atoms with Crippen LogP contribution in [0.1, 0.15) is 35.6 Å². The van der Waals surface area contributed by atoms with Crippen LogP contribution in [0.15, 0.2) is 12.1 Å². The first kappa shape index (κ1) is 14.5. The van der Waals surface area contributed by atoms with E-state index in [1.54, 1.807) is 0 Å². The van der Waals surface area contributed by atoms with Gasteiger partial charge in [-0.15, -0.1) is 0 Å². The van der Waals surface area contributed by atoms with Crippen molar-refractivity contribution in [3.63, 3.8) is 0 Å². The summed E-state index contributed by atoms with van der Waals surface area (Å²) in [6.45, 7) is 6.06. The average molecular weight is 260 g/mol. The molecule has 0 N–H and O–H groups in total. The van der Waals surface area contributed by atoms with Crippen LogP contribution in [-0.2, 0) is 6.18 Å². The number of alkyl halides is 3. The van der Waals surface area contributed by atoms with E-state index in [9.17, 15) is 18.0 Å². The van der Waals surface area contributed by atoms with Gasteiger partial charge in [0.25, 0.3) is 5.91 Å². The van der Waals surface area contributed by atoms with Crippen LogP contribution < -0.4 is 0 Å². The first-order valence-corrected chi connectivity index (χ1v) is 5.65. The summed E-state index contributed by atoms with van der Waals surface area (Å²) in [5.74, 6) is -0.293. The number of hydrogen-bond donors (Lipinski definition) is 0. The first-order valence-electron chi connectivity index (χ1n) is 5.65. The van der Waals surface area contributed by atoms with Gasteiger partial charge in [-0.25, -0.2) is 4.98 Å². The third-order valence-electron chi connectivity index (χ3n) is 2.66. The highest BCUT2D eigenvalue weighted by Gasteiger charge is 2.33. The molecule has 1 heterocycles. The Morgan fingerprint density at radius 1 is 1.28 bits per heavy atom. The van der Waals surface area contributed by atoms with Gasteiger partial charge in [0.15, 0.2) is 0 Å².